The van der Waals surface area contributed by atoms with Crippen molar-refractivity contribution in [1.29, 1.82) is 0 Å². The standard InChI is InChI=1S/C20H17ClN2O2S2/c1-12-8-16(13(2)23(12)10-15-4-3-7-25-15)18(24)11-26-20-22-17-9-14(21)5-6-19(17)27-20/h3-9H,10-11H2,1-2H3. The number of thiazole rings is 1. The Morgan fingerprint density at radius 1 is 1.30 bits per heavy atom. The third-order valence-electron chi connectivity index (χ3n) is 4.42. The largest absolute Gasteiger partial charge is 0.467 e. The van der Waals surface area contributed by atoms with Gasteiger partial charge in [0.15, 0.2) is 10.1 Å². The molecule has 0 N–H and O–H groups in total. The van der Waals surface area contributed by atoms with E-state index in [2.05, 4.69) is 9.55 Å². The van der Waals surface area contributed by atoms with E-state index >= 15 is 0 Å². The highest BCUT2D eigenvalue weighted by Gasteiger charge is 2.17. The molecule has 0 aliphatic rings. The van der Waals surface area contributed by atoms with E-state index in [9.17, 15) is 4.79 Å². The molecule has 0 bridgehead atoms. The summed E-state index contributed by atoms with van der Waals surface area (Å²) in [5.41, 5.74) is 3.65. The van der Waals surface area contributed by atoms with Gasteiger partial charge in [0, 0.05) is 22.0 Å². The Bertz CT molecular complexity index is 1110. The molecule has 3 aromatic heterocycles. The van der Waals surface area contributed by atoms with Crippen molar-refractivity contribution in [2.75, 3.05) is 5.75 Å². The molecule has 0 saturated heterocycles. The summed E-state index contributed by atoms with van der Waals surface area (Å²) >= 11 is 9.07. The van der Waals surface area contributed by atoms with Crippen LogP contribution in [0.15, 0.2) is 51.4 Å². The lowest BCUT2D eigenvalue weighted by molar-refractivity contribution is 0.102. The first-order valence-corrected chi connectivity index (χ1v) is 10.6. The van der Waals surface area contributed by atoms with Crippen molar-refractivity contribution in [3.63, 3.8) is 0 Å². The lowest BCUT2D eigenvalue weighted by atomic mass is 10.2. The molecular formula is C20H17ClN2O2S2. The number of hydrogen-bond donors (Lipinski definition) is 0. The molecule has 3 heterocycles. The molecule has 1 aromatic carbocycles. The molecule has 0 atom stereocenters. The predicted molar refractivity (Wildman–Crippen MR) is 111 cm³/mol. The molecule has 4 nitrogen and oxygen atoms in total. The van der Waals surface area contributed by atoms with Crippen LogP contribution in [0.4, 0.5) is 0 Å². The van der Waals surface area contributed by atoms with Crippen LogP contribution >= 0.6 is 34.7 Å². The number of carbonyl (C=O) groups excluding carboxylic acids is 1. The van der Waals surface area contributed by atoms with Gasteiger partial charge in [0.1, 0.15) is 5.76 Å². The van der Waals surface area contributed by atoms with Crippen molar-refractivity contribution in [1.82, 2.24) is 9.55 Å². The molecule has 0 aliphatic heterocycles. The zero-order chi connectivity index (χ0) is 19.0. The van der Waals surface area contributed by atoms with E-state index in [1.807, 2.05) is 50.2 Å². The number of aromatic nitrogens is 2. The predicted octanol–water partition coefficient (Wildman–Crippen LogP) is 5.98. The number of Topliss-reactive ketones (excluding diaryl/α,β-unsaturated/α-hetero) is 1. The Morgan fingerprint density at radius 3 is 2.93 bits per heavy atom. The van der Waals surface area contributed by atoms with Crippen molar-refractivity contribution >= 4 is 50.7 Å². The van der Waals surface area contributed by atoms with Crippen LogP contribution in [-0.2, 0) is 6.54 Å². The third-order valence-corrected chi connectivity index (χ3v) is 6.84. The molecule has 0 fully saturated rings. The monoisotopic (exact) mass is 416 g/mol. The number of aryl methyl sites for hydroxylation is 1. The molecule has 0 spiro atoms. The second kappa shape index (κ2) is 7.54. The number of furan rings is 1. The second-order valence-electron chi connectivity index (χ2n) is 6.25. The van der Waals surface area contributed by atoms with E-state index in [1.165, 1.54) is 11.8 Å². The minimum Gasteiger partial charge on any atom is -0.467 e. The van der Waals surface area contributed by atoms with Crippen LogP contribution in [0.3, 0.4) is 0 Å². The van der Waals surface area contributed by atoms with Gasteiger partial charge < -0.3 is 8.98 Å². The first-order valence-electron chi connectivity index (χ1n) is 8.42. The fraction of sp³-hybridized carbons (Fsp3) is 0.200. The molecule has 0 saturated carbocycles. The average molecular weight is 417 g/mol. The Balaban J connectivity index is 1.49. The van der Waals surface area contributed by atoms with Crippen molar-refractivity contribution in [3.05, 3.63) is 70.4 Å². The fourth-order valence-corrected chi connectivity index (χ4v) is 5.13. The van der Waals surface area contributed by atoms with E-state index < -0.39 is 0 Å². The molecule has 0 aliphatic carbocycles. The molecule has 4 rings (SSSR count). The van der Waals surface area contributed by atoms with E-state index in [-0.39, 0.29) is 5.78 Å². The van der Waals surface area contributed by atoms with E-state index in [1.54, 1.807) is 17.6 Å². The quantitative estimate of drug-likeness (QED) is 0.286. The lowest BCUT2D eigenvalue weighted by Crippen LogP contribution is -2.07. The smallest absolute Gasteiger partial charge is 0.174 e. The molecule has 0 radical (unpaired) electrons. The summed E-state index contributed by atoms with van der Waals surface area (Å²) in [6.45, 7) is 4.62. The number of hydrogen-bond acceptors (Lipinski definition) is 5. The number of nitrogens with zero attached hydrogens (tertiary/aromatic N) is 2. The highest BCUT2D eigenvalue weighted by Crippen LogP contribution is 2.31. The zero-order valence-corrected chi connectivity index (χ0v) is 17.2. The number of fused-ring (bicyclic) bond motifs is 1. The zero-order valence-electron chi connectivity index (χ0n) is 14.9. The Labute approximate surface area is 170 Å². The lowest BCUT2D eigenvalue weighted by Gasteiger charge is -2.07. The Morgan fingerprint density at radius 2 is 2.15 bits per heavy atom. The SMILES string of the molecule is Cc1cc(C(=O)CSc2nc3cc(Cl)ccc3s2)c(C)n1Cc1ccco1. The first-order chi connectivity index (χ1) is 13.0. The van der Waals surface area contributed by atoms with Crippen molar-refractivity contribution in [3.8, 4) is 0 Å². The summed E-state index contributed by atoms with van der Waals surface area (Å²) < 4.78 is 9.50. The number of thioether (sulfide) groups is 1. The van der Waals surface area contributed by atoms with Gasteiger partial charge in [-0.3, -0.25) is 4.79 Å². The van der Waals surface area contributed by atoms with Crippen LogP contribution < -0.4 is 0 Å². The molecular weight excluding hydrogens is 400 g/mol. The summed E-state index contributed by atoms with van der Waals surface area (Å²) in [5.74, 6) is 1.34. The summed E-state index contributed by atoms with van der Waals surface area (Å²) in [4.78, 5) is 17.3. The molecule has 4 aromatic rings. The highest BCUT2D eigenvalue weighted by molar-refractivity contribution is 8.01. The summed E-state index contributed by atoms with van der Waals surface area (Å²) in [6.07, 6.45) is 1.66. The fourth-order valence-electron chi connectivity index (χ4n) is 3.03. The van der Waals surface area contributed by atoms with Gasteiger partial charge in [0.2, 0.25) is 0 Å². The first kappa shape index (κ1) is 18.3. The van der Waals surface area contributed by atoms with E-state index in [4.69, 9.17) is 16.0 Å². The number of rotatable bonds is 6. The van der Waals surface area contributed by atoms with E-state index in [0.717, 1.165) is 37.3 Å². The van der Waals surface area contributed by atoms with E-state index in [0.29, 0.717) is 17.3 Å². The van der Waals surface area contributed by atoms with Gasteiger partial charge in [-0.25, -0.2) is 4.98 Å². The van der Waals surface area contributed by atoms with Crippen LogP contribution in [0.5, 0.6) is 0 Å². The van der Waals surface area contributed by atoms with Crippen LogP contribution in [-0.4, -0.2) is 21.1 Å². The maximum absolute atomic E-state index is 12.8. The number of carbonyl (C=O) groups is 1. The number of halogens is 1. The Hall–Kier alpha value is -2.02. The van der Waals surface area contributed by atoms with Gasteiger partial charge in [0.05, 0.1) is 28.8 Å². The molecule has 0 amide bonds. The minimum absolute atomic E-state index is 0.107. The highest BCUT2D eigenvalue weighted by atomic mass is 35.5. The number of benzene rings is 1. The molecule has 27 heavy (non-hydrogen) atoms. The van der Waals surface area contributed by atoms with Crippen molar-refractivity contribution < 1.29 is 9.21 Å². The van der Waals surface area contributed by atoms with Crippen LogP contribution in [0.1, 0.15) is 27.5 Å². The second-order valence-corrected chi connectivity index (χ2v) is 8.94. The normalized spacial score (nSPS) is 11.4. The average Bonchev–Trinajstić information content (AvgIpc) is 3.35. The third kappa shape index (κ3) is 3.83. The topological polar surface area (TPSA) is 48.0 Å². The van der Waals surface area contributed by atoms with Crippen LogP contribution in [0.2, 0.25) is 5.02 Å². The van der Waals surface area contributed by atoms with Crippen LogP contribution in [0, 0.1) is 13.8 Å². The maximum atomic E-state index is 12.8. The molecule has 7 heteroatoms. The Kier molecular flexibility index (Phi) is 5.12. The minimum atomic E-state index is 0.107. The van der Waals surface area contributed by atoms with Gasteiger partial charge in [-0.1, -0.05) is 23.4 Å². The summed E-state index contributed by atoms with van der Waals surface area (Å²) in [5, 5.41) is 0.671. The van der Waals surface area contributed by atoms with Gasteiger partial charge in [-0.2, -0.15) is 0 Å². The van der Waals surface area contributed by atoms with Crippen molar-refractivity contribution in [2.24, 2.45) is 0 Å². The molecule has 138 valence electrons. The summed E-state index contributed by atoms with van der Waals surface area (Å²) in [7, 11) is 0. The number of ketones is 1. The van der Waals surface area contributed by atoms with Gasteiger partial charge in [-0.15, -0.1) is 11.3 Å². The maximum Gasteiger partial charge on any atom is 0.174 e. The van der Waals surface area contributed by atoms with Gasteiger partial charge >= 0.3 is 0 Å². The van der Waals surface area contributed by atoms with Crippen LogP contribution in [0.25, 0.3) is 10.2 Å². The molecule has 0 unspecified atom stereocenters. The van der Waals surface area contributed by atoms with Gasteiger partial charge in [0.25, 0.3) is 0 Å². The summed E-state index contributed by atoms with van der Waals surface area (Å²) in [6, 6.07) is 11.4. The van der Waals surface area contributed by atoms with Gasteiger partial charge in [-0.05, 0) is 50.2 Å². The van der Waals surface area contributed by atoms with Crippen molar-refractivity contribution in [2.45, 2.75) is 24.7 Å².